The minimum Gasteiger partial charge on any atom is -0.479 e. The molecule has 0 aliphatic carbocycles. The fourth-order valence-electron chi connectivity index (χ4n) is 3.30. The number of rotatable bonds is 4. The van der Waals surface area contributed by atoms with E-state index in [1.54, 1.807) is 6.92 Å². The lowest BCUT2D eigenvalue weighted by atomic mass is 9.82. The maximum absolute atomic E-state index is 12.1. The summed E-state index contributed by atoms with van der Waals surface area (Å²) in [6.45, 7) is 13.3. The van der Waals surface area contributed by atoms with Crippen LogP contribution in [-0.2, 0) is 9.53 Å². The molecule has 1 N–H and O–H groups in total. The molecular formula is C20H28BrN3O3. The second kappa shape index (κ2) is 7.76. The maximum atomic E-state index is 12.1. The zero-order valence-electron chi connectivity index (χ0n) is 16.9. The van der Waals surface area contributed by atoms with E-state index in [0.717, 1.165) is 25.9 Å². The van der Waals surface area contributed by atoms with Crippen molar-refractivity contribution >= 4 is 27.6 Å². The molecule has 1 aliphatic heterocycles. The number of anilines is 1. The SMILES string of the molecule is Cc1nc(C#N)c(Br)c(N2CCC(C)(C)CC2)c1C(OC(C)(C)C)C(=O)O. The summed E-state index contributed by atoms with van der Waals surface area (Å²) in [5, 5.41) is 19.4. The van der Waals surface area contributed by atoms with Gasteiger partial charge in [0.1, 0.15) is 6.07 Å². The Bertz CT molecular complexity index is 768. The second-order valence-electron chi connectivity index (χ2n) is 8.83. The van der Waals surface area contributed by atoms with E-state index in [1.165, 1.54) is 0 Å². The number of halogens is 1. The van der Waals surface area contributed by atoms with E-state index >= 15 is 0 Å². The molecule has 1 atom stereocenters. The van der Waals surface area contributed by atoms with Crippen molar-refractivity contribution in [3.8, 4) is 6.07 Å². The third-order valence-electron chi connectivity index (χ3n) is 4.84. The zero-order chi connectivity index (χ0) is 20.6. The molecule has 148 valence electrons. The number of aryl methyl sites for hydroxylation is 1. The molecule has 1 unspecified atom stereocenters. The molecule has 0 radical (unpaired) electrons. The van der Waals surface area contributed by atoms with Crippen molar-refractivity contribution in [3.05, 3.63) is 21.4 Å². The summed E-state index contributed by atoms with van der Waals surface area (Å²) in [6.07, 6.45) is 0.812. The highest BCUT2D eigenvalue weighted by Crippen LogP contribution is 2.42. The molecule has 0 bridgehead atoms. The first-order valence-electron chi connectivity index (χ1n) is 9.12. The van der Waals surface area contributed by atoms with Gasteiger partial charge >= 0.3 is 5.97 Å². The molecule has 0 aromatic carbocycles. The number of hydrogen-bond donors (Lipinski definition) is 1. The highest BCUT2D eigenvalue weighted by atomic mass is 79.9. The quantitative estimate of drug-likeness (QED) is 0.740. The molecule has 7 heteroatoms. The average molecular weight is 438 g/mol. The minimum absolute atomic E-state index is 0.247. The monoisotopic (exact) mass is 437 g/mol. The predicted octanol–water partition coefficient (Wildman–Crippen LogP) is 4.59. The van der Waals surface area contributed by atoms with Crippen LogP contribution in [0, 0.1) is 23.7 Å². The Kier molecular flexibility index (Phi) is 6.23. The fourth-order valence-corrected chi connectivity index (χ4v) is 3.94. The Hall–Kier alpha value is -1.65. The maximum Gasteiger partial charge on any atom is 0.337 e. The van der Waals surface area contributed by atoms with Gasteiger partial charge in [-0.15, -0.1) is 0 Å². The first-order chi connectivity index (χ1) is 12.4. The summed E-state index contributed by atoms with van der Waals surface area (Å²) in [5.74, 6) is -1.06. The summed E-state index contributed by atoms with van der Waals surface area (Å²) >= 11 is 3.51. The Labute approximate surface area is 169 Å². The summed E-state index contributed by atoms with van der Waals surface area (Å²) in [7, 11) is 0. The Morgan fingerprint density at radius 1 is 1.37 bits per heavy atom. The number of carbonyl (C=O) groups is 1. The number of aromatic nitrogens is 1. The lowest BCUT2D eigenvalue weighted by Crippen LogP contribution is -2.39. The number of piperidine rings is 1. The van der Waals surface area contributed by atoms with E-state index in [1.807, 2.05) is 20.8 Å². The van der Waals surface area contributed by atoms with Gasteiger partial charge in [-0.1, -0.05) is 13.8 Å². The number of ether oxygens (including phenoxy) is 1. The van der Waals surface area contributed by atoms with Crippen LogP contribution in [-0.4, -0.2) is 34.8 Å². The van der Waals surface area contributed by atoms with Crippen LogP contribution in [0.2, 0.25) is 0 Å². The van der Waals surface area contributed by atoms with Crippen LogP contribution in [0.25, 0.3) is 0 Å². The van der Waals surface area contributed by atoms with E-state index in [2.05, 4.69) is 45.7 Å². The smallest absolute Gasteiger partial charge is 0.337 e. The van der Waals surface area contributed by atoms with Gasteiger partial charge in [-0.2, -0.15) is 5.26 Å². The van der Waals surface area contributed by atoms with Gasteiger partial charge in [0.2, 0.25) is 0 Å². The number of pyridine rings is 1. The molecule has 1 aromatic heterocycles. The largest absolute Gasteiger partial charge is 0.479 e. The van der Waals surface area contributed by atoms with Gasteiger partial charge in [0.15, 0.2) is 11.8 Å². The summed E-state index contributed by atoms with van der Waals surface area (Å²) in [5.41, 5.74) is 1.60. The van der Waals surface area contributed by atoms with Crippen molar-refractivity contribution in [2.75, 3.05) is 18.0 Å². The molecular weight excluding hydrogens is 410 g/mol. The van der Waals surface area contributed by atoms with Crippen molar-refractivity contribution in [2.24, 2.45) is 5.41 Å². The summed E-state index contributed by atoms with van der Waals surface area (Å²) < 4.78 is 6.43. The van der Waals surface area contributed by atoms with Crippen molar-refractivity contribution < 1.29 is 14.6 Å². The first-order valence-corrected chi connectivity index (χ1v) is 9.91. The minimum atomic E-state index is -1.16. The molecule has 27 heavy (non-hydrogen) atoms. The molecule has 1 aliphatic rings. The van der Waals surface area contributed by atoms with Crippen LogP contribution in [0.4, 0.5) is 5.69 Å². The Balaban J connectivity index is 2.64. The second-order valence-corrected chi connectivity index (χ2v) is 9.63. The molecule has 1 saturated heterocycles. The van der Waals surface area contributed by atoms with Gasteiger partial charge in [-0.25, -0.2) is 9.78 Å². The summed E-state index contributed by atoms with van der Waals surface area (Å²) in [6, 6.07) is 2.10. The van der Waals surface area contributed by atoms with Gasteiger partial charge in [-0.05, 0) is 61.9 Å². The summed E-state index contributed by atoms with van der Waals surface area (Å²) in [4.78, 5) is 18.6. The molecule has 1 fully saturated rings. The van der Waals surface area contributed by atoms with Crippen LogP contribution in [0.3, 0.4) is 0 Å². The number of carboxylic acid groups (broad SMARTS) is 1. The third kappa shape index (κ3) is 4.99. The van der Waals surface area contributed by atoms with Gasteiger partial charge in [0.25, 0.3) is 0 Å². The molecule has 2 rings (SSSR count). The number of hydrogen-bond acceptors (Lipinski definition) is 5. The average Bonchev–Trinajstić information content (AvgIpc) is 2.54. The third-order valence-corrected chi connectivity index (χ3v) is 5.59. The van der Waals surface area contributed by atoms with E-state index in [4.69, 9.17) is 4.74 Å². The topological polar surface area (TPSA) is 86.5 Å². The number of carboxylic acids is 1. The lowest BCUT2D eigenvalue weighted by molar-refractivity contribution is -0.160. The first kappa shape index (κ1) is 21.6. The van der Waals surface area contributed by atoms with E-state index in [9.17, 15) is 15.2 Å². The number of aliphatic carboxylic acids is 1. The standard InChI is InChI=1S/C20H28BrN3O3/c1-12-14(17(18(25)26)27-19(2,3)4)16(15(21)13(11-22)23-12)24-9-7-20(5,6)8-10-24/h17H,7-10H2,1-6H3,(H,25,26). The van der Waals surface area contributed by atoms with Crippen molar-refractivity contribution in [1.82, 2.24) is 4.98 Å². The van der Waals surface area contributed by atoms with Gasteiger partial charge in [0.05, 0.1) is 15.8 Å². The van der Waals surface area contributed by atoms with Crippen LogP contribution >= 0.6 is 15.9 Å². The Morgan fingerprint density at radius 3 is 2.37 bits per heavy atom. The fraction of sp³-hybridized carbons (Fsp3) is 0.650. The molecule has 6 nitrogen and oxygen atoms in total. The van der Waals surface area contributed by atoms with Gasteiger partial charge < -0.3 is 14.7 Å². The Morgan fingerprint density at radius 2 is 1.93 bits per heavy atom. The van der Waals surface area contributed by atoms with Crippen LogP contribution < -0.4 is 4.90 Å². The van der Waals surface area contributed by atoms with Crippen molar-refractivity contribution in [1.29, 1.82) is 5.26 Å². The van der Waals surface area contributed by atoms with Gasteiger partial charge in [0, 0.05) is 24.3 Å². The lowest BCUT2D eigenvalue weighted by Gasteiger charge is -2.40. The van der Waals surface area contributed by atoms with E-state index in [-0.39, 0.29) is 11.1 Å². The van der Waals surface area contributed by atoms with Crippen LogP contribution in [0.15, 0.2) is 4.47 Å². The number of nitrogens with zero attached hydrogens (tertiary/aromatic N) is 3. The van der Waals surface area contributed by atoms with Crippen molar-refractivity contribution in [2.45, 2.75) is 66.1 Å². The highest BCUT2D eigenvalue weighted by Gasteiger charge is 2.36. The van der Waals surface area contributed by atoms with Crippen molar-refractivity contribution in [3.63, 3.8) is 0 Å². The zero-order valence-corrected chi connectivity index (χ0v) is 18.5. The predicted molar refractivity (Wildman–Crippen MR) is 108 cm³/mol. The highest BCUT2D eigenvalue weighted by molar-refractivity contribution is 9.10. The van der Waals surface area contributed by atoms with Crippen LogP contribution in [0.1, 0.15) is 70.5 Å². The molecule has 0 spiro atoms. The van der Waals surface area contributed by atoms with Crippen LogP contribution in [0.5, 0.6) is 0 Å². The van der Waals surface area contributed by atoms with Gasteiger partial charge in [-0.3, -0.25) is 0 Å². The molecule has 0 saturated carbocycles. The van der Waals surface area contributed by atoms with E-state index in [0.29, 0.717) is 21.4 Å². The molecule has 1 aromatic rings. The van der Waals surface area contributed by atoms with E-state index < -0.39 is 17.7 Å². The molecule has 2 heterocycles. The molecule has 0 amide bonds. The normalized spacial score (nSPS) is 18.1. The number of nitriles is 1.